The van der Waals surface area contributed by atoms with Gasteiger partial charge in [0, 0.05) is 13.1 Å². The summed E-state index contributed by atoms with van der Waals surface area (Å²) in [6.45, 7) is 1.84. The number of anilines is 1. The van der Waals surface area contributed by atoms with E-state index in [1.165, 1.54) is 4.90 Å². The molecule has 0 aromatic heterocycles. The summed E-state index contributed by atoms with van der Waals surface area (Å²) in [5.74, 6) is -1.27. The zero-order chi connectivity index (χ0) is 16.1. The van der Waals surface area contributed by atoms with E-state index in [0.717, 1.165) is 25.9 Å². The van der Waals surface area contributed by atoms with Crippen LogP contribution in [0, 0.1) is 11.3 Å². The van der Waals surface area contributed by atoms with Crippen molar-refractivity contribution < 1.29 is 9.59 Å². The maximum absolute atomic E-state index is 12.2. The van der Waals surface area contributed by atoms with Gasteiger partial charge in [-0.15, -0.1) is 0 Å². The second kappa shape index (κ2) is 7.05. The number of carbonyl (C=O) groups excluding carboxylic acids is 2. The minimum absolute atomic E-state index is 0.0839. The number of nitrogens with zero attached hydrogens (tertiary/aromatic N) is 3. The van der Waals surface area contributed by atoms with Crippen LogP contribution in [0.15, 0.2) is 24.3 Å². The van der Waals surface area contributed by atoms with Crippen molar-refractivity contribution >= 4 is 17.5 Å². The molecule has 6 nitrogen and oxygen atoms in total. The molecule has 116 valence electrons. The van der Waals surface area contributed by atoms with Crippen molar-refractivity contribution in [1.82, 2.24) is 9.80 Å². The minimum atomic E-state index is -0.705. The Morgan fingerprint density at radius 2 is 1.95 bits per heavy atom. The molecule has 1 aromatic rings. The number of para-hydroxylation sites is 1. The molecule has 1 aromatic carbocycles. The normalized spacial score (nSPS) is 15.9. The van der Waals surface area contributed by atoms with Gasteiger partial charge in [0.25, 0.3) is 0 Å². The Morgan fingerprint density at radius 1 is 1.32 bits per heavy atom. The summed E-state index contributed by atoms with van der Waals surface area (Å²) in [7, 11) is 3.71. The monoisotopic (exact) mass is 300 g/mol. The van der Waals surface area contributed by atoms with Gasteiger partial charge in [-0.1, -0.05) is 12.1 Å². The number of likely N-dealkylation sites (tertiary alicyclic amines) is 1. The fourth-order valence-electron chi connectivity index (χ4n) is 2.57. The second-order valence-corrected chi connectivity index (χ2v) is 5.56. The van der Waals surface area contributed by atoms with Gasteiger partial charge in [0.2, 0.25) is 0 Å². The molecule has 1 saturated heterocycles. The molecule has 2 amide bonds. The SMILES string of the molecule is CN1CCC(N(C)C(=O)C(=O)Nc2ccccc2C#N)CC1. The molecule has 0 bridgehead atoms. The number of hydrogen-bond donors (Lipinski definition) is 1. The summed E-state index contributed by atoms with van der Waals surface area (Å²) in [5.41, 5.74) is 0.700. The van der Waals surface area contributed by atoms with Gasteiger partial charge in [-0.3, -0.25) is 9.59 Å². The van der Waals surface area contributed by atoms with Crippen LogP contribution in [0.3, 0.4) is 0 Å². The molecule has 0 radical (unpaired) electrons. The Bertz CT molecular complexity index is 600. The number of likely N-dealkylation sites (N-methyl/N-ethyl adjacent to an activating group) is 1. The van der Waals surface area contributed by atoms with Crippen LogP contribution in [0.2, 0.25) is 0 Å². The van der Waals surface area contributed by atoms with Crippen LogP contribution >= 0.6 is 0 Å². The van der Waals surface area contributed by atoms with E-state index >= 15 is 0 Å². The van der Waals surface area contributed by atoms with E-state index in [1.54, 1.807) is 31.3 Å². The fraction of sp³-hybridized carbons (Fsp3) is 0.438. The molecule has 1 fully saturated rings. The van der Waals surface area contributed by atoms with Gasteiger partial charge in [0.15, 0.2) is 0 Å². The van der Waals surface area contributed by atoms with Crippen LogP contribution < -0.4 is 5.32 Å². The topological polar surface area (TPSA) is 76.4 Å². The van der Waals surface area contributed by atoms with Gasteiger partial charge in [-0.25, -0.2) is 0 Å². The number of piperidine rings is 1. The first-order chi connectivity index (χ1) is 10.5. The maximum Gasteiger partial charge on any atom is 0.313 e. The highest BCUT2D eigenvalue weighted by atomic mass is 16.2. The Kier molecular flexibility index (Phi) is 5.12. The Labute approximate surface area is 130 Å². The molecular formula is C16H20N4O2. The van der Waals surface area contributed by atoms with Gasteiger partial charge in [0.1, 0.15) is 6.07 Å². The van der Waals surface area contributed by atoms with Crippen molar-refractivity contribution in [2.24, 2.45) is 0 Å². The van der Waals surface area contributed by atoms with Crippen molar-refractivity contribution in [2.45, 2.75) is 18.9 Å². The third kappa shape index (κ3) is 3.62. The van der Waals surface area contributed by atoms with E-state index in [0.29, 0.717) is 11.3 Å². The average Bonchev–Trinajstić information content (AvgIpc) is 2.54. The lowest BCUT2D eigenvalue weighted by atomic mass is 10.0. The highest BCUT2D eigenvalue weighted by molar-refractivity contribution is 6.39. The molecule has 1 aliphatic rings. The quantitative estimate of drug-likeness (QED) is 0.828. The molecular weight excluding hydrogens is 280 g/mol. The predicted octanol–water partition coefficient (Wildman–Crippen LogP) is 1.05. The van der Waals surface area contributed by atoms with Crippen molar-refractivity contribution in [3.8, 4) is 6.07 Å². The molecule has 22 heavy (non-hydrogen) atoms. The second-order valence-electron chi connectivity index (χ2n) is 5.56. The first-order valence-corrected chi connectivity index (χ1v) is 7.28. The predicted molar refractivity (Wildman–Crippen MR) is 83.1 cm³/mol. The van der Waals surface area contributed by atoms with Gasteiger partial charge >= 0.3 is 11.8 Å². The zero-order valence-electron chi connectivity index (χ0n) is 12.9. The fourth-order valence-corrected chi connectivity index (χ4v) is 2.57. The van der Waals surface area contributed by atoms with Crippen molar-refractivity contribution in [3.05, 3.63) is 29.8 Å². The Balaban J connectivity index is 2.00. The molecule has 2 rings (SSSR count). The molecule has 1 aliphatic heterocycles. The van der Waals surface area contributed by atoms with E-state index in [2.05, 4.69) is 10.2 Å². The summed E-state index contributed by atoms with van der Waals surface area (Å²) in [6.07, 6.45) is 1.72. The van der Waals surface area contributed by atoms with Crippen LogP contribution in [-0.4, -0.2) is 54.8 Å². The van der Waals surface area contributed by atoms with Crippen LogP contribution in [0.25, 0.3) is 0 Å². The number of rotatable bonds is 2. The number of hydrogen-bond acceptors (Lipinski definition) is 4. The van der Waals surface area contributed by atoms with E-state index < -0.39 is 11.8 Å². The number of carbonyl (C=O) groups is 2. The number of nitrogens with one attached hydrogen (secondary N) is 1. The summed E-state index contributed by atoms with van der Waals surface area (Å²) in [6, 6.07) is 8.70. The zero-order valence-corrected chi connectivity index (χ0v) is 12.9. The molecule has 0 saturated carbocycles. The summed E-state index contributed by atoms with van der Waals surface area (Å²) in [4.78, 5) is 28.1. The van der Waals surface area contributed by atoms with Gasteiger partial charge in [-0.05, 0) is 45.1 Å². The lowest BCUT2D eigenvalue weighted by molar-refractivity contribution is -0.144. The largest absolute Gasteiger partial charge is 0.334 e. The number of benzene rings is 1. The highest BCUT2D eigenvalue weighted by Crippen LogP contribution is 2.16. The third-order valence-corrected chi connectivity index (χ3v) is 4.05. The minimum Gasteiger partial charge on any atom is -0.334 e. The summed E-state index contributed by atoms with van der Waals surface area (Å²) < 4.78 is 0. The highest BCUT2D eigenvalue weighted by Gasteiger charge is 2.28. The lowest BCUT2D eigenvalue weighted by Gasteiger charge is -2.34. The van der Waals surface area contributed by atoms with Crippen molar-refractivity contribution in [1.29, 1.82) is 5.26 Å². The van der Waals surface area contributed by atoms with E-state index in [9.17, 15) is 9.59 Å². The standard InChI is InChI=1S/C16H20N4O2/c1-19-9-7-13(8-10-19)20(2)16(22)15(21)18-14-6-4-3-5-12(14)11-17/h3-6,13H,7-10H2,1-2H3,(H,18,21). The van der Waals surface area contributed by atoms with Gasteiger partial charge < -0.3 is 15.1 Å². The maximum atomic E-state index is 12.2. The average molecular weight is 300 g/mol. The van der Waals surface area contributed by atoms with Crippen LogP contribution in [0.4, 0.5) is 5.69 Å². The molecule has 0 spiro atoms. The molecule has 6 heteroatoms. The molecule has 1 heterocycles. The van der Waals surface area contributed by atoms with E-state index in [-0.39, 0.29) is 6.04 Å². The third-order valence-electron chi connectivity index (χ3n) is 4.05. The number of nitriles is 1. The Morgan fingerprint density at radius 3 is 2.59 bits per heavy atom. The van der Waals surface area contributed by atoms with E-state index in [1.807, 2.05) is 13.1 Å². The molecule has 0 unspecified atom stereocenters. The first kappa shape index (κ1) is 16.0. The smallest absolute Gasteiger partial charge is 0.313 e. The van der Waals surface area contributed by atoms with Crippen molar-refractivity contribution in [3.63, 3.8) is 0 Å². The first-order valence-electron chi connectivity index (χ1n) is 7.28. The summed E-state index contributed by atoms with van der Waals surface area (Å²) >= 11 is 0. The molecule has 0 atom stereocenters. The lowest BCUT2D eigenvalue weighted by Crippen LogP contribution is -2.47. The number of amides is 2. The van der Waals surface area contributed by atoms with Gasteiger partial charge in [-0.2, -0.15) is 5.26 Å². The van der Waals surface area contributed by atoms with Crippen LogP contribution in [0.1, 0.15) is 18.4 Å². The van der Waals surface area contributed by atoms with Crippen LogP contribution in [0.5, 0.6) is 0 Å². The van der Waals surface area contributed by atoms with Crippen LogP contribution in [-0.2, 0) is 9.59 Å². The van der Waals surface area contributed by atoms with E-state index in [4.69, 9.17) is 5.26 Å². The summed E-state index contributed by atoms with van der Waals surface area (Å²) in [5, 5.41) is 11.5. The molecule has 1 N–H and O–H groups in total. The van der Waals surface area contributed by atoms with Gasteiger partial charge in [0.05, 0.1) is 11.3 Å². The Hall–Kier alpha value is -2.39. The molecule has 0 aliphatic carbocycles. The van der Waals surface area contributed by atoms with Crippen molar-refractivity contribution in [2.75, 3.05) is 32.5 Å².